The predicted molar refractivity (Wildman–Crippen MR) is 72.6 cm³/mol. The van der Waals surface area contributed by atoms with Gasteiger partial charge in [-0.05, 0) is 31.9 Å². The van der Waals surface area contributed by atoms with Crippen molar-refractivity contribution in [1.29, 1.82) is 0 Å². The first-order valence-electron chi connectivity index (χ1n) is 6.53. The summed E-state index contributed by atoms with van der Waals surface area (Å²) in [7, 11) is -4.06. The Bertz CT molecular complexity index is 611. The van der Waals surface area contributed by atoms with Crippen LogP contribution in [0.3, 0.4) is 0 Å². The van der Waals surface area contributed by atoms with Crippen LogP contribution in [0.1, 0.15) is 39.0 Å². The number of nitrogens with one attached hydrogen (secondary N) is 1. The van der Waals surface area contributed by atoms with Crippen LogP contribution in [0.2, 0.25) is 0 Å². The molecule has 0 heterocycles. The van der Waals surface area contributed by atoms with E-state index in [0.717, 1.165) is 31.4 Å². The smallest absolute Gasteiger partial charge is 0.244 e. The minimum Gasteiger partial charge on any atom is -0.394 e. The van der Waals surface area contributed by atoms with Crippen LogP contribution in [0.5, 0.6) is 0 Å². The number of hydrogen-bond donors (Lipinski definition) is 2. The molecule has 1 fully saturated rings. The largest absolute Gasteiger partial charge is 0.394 e. The lowest BCUT2D eigenvalue weighted by Gasteiger charge is -2.34. The van der Waals surface area contributed by atoms with Gasteiger partial charge in [-0.25, -0.2) is 21.9 Å². The fraction of sp³-hybridized carbons (Fsp3) is 0.538. The van der Waals surface area contributed by atoms with Gasteiger partial charge in [-0.1, -0.05) is 19.3 Å². The van der Waals surface area contributed by atoms with Crippen molar-refractivity contribution >= 4 is 15.7 Å². The van der Waals surface area contributed by atoms with E-state index in [2.05, 4.69) is 4.72 Å². The van der Waals surface area contributed by atoms with Gasteiger partial charge in [-0.15, -0.1) is 0 Å². The molecule has 1 saturated carbocycles. The van der Waals surface area contributed by atoms with Gasteiger partial charge in [0.1, 0.15) is 16.4 Å². The highest BCUT2D eigenvalue weighted by Crippen LogP contribution is 2.30. The average Bonchev–Trinajstić information content (AvgIpc) is 2.35. The zero-order chi connectivity index (χ0) is 15.0. The summed E-state index contributed by atoms with van der Waals surface area (Å²) in [5.74, 6) is -2.21. The second-order valence-electron chi connectivity index (χ2n) is 5.50. The second kappa shape index (κ2) is 5.29. The summed E-state index contributed by atoms with van der Waals surface area (Å²) in [6.45, 7) is 1.80. The van der Waals surface area contributed by atoms with Gasteiger partial charge in [-0.3, -0.25) is 0 Å². The molecule has 0 radical (unpaired) electrons. The maximum Gasteiger partial charge on any atom is 0.244 e. The third-order valence-electron chi connectivity index (χ3n) is 3.72. The van der Waals surface area contributed by atoms with Crippen molar-refractivity contribution in [2.24, 2.45) is 0 Å². The normalized spacial score (nSPS) is 18.9. The molecule has 4 nitrogen and oxygen atoms in total. The summed E-state index contributed by atoms with van der Waals surface area (Å²) in [4.78, 5) is -0.608. The standard InChI is InChI=1S/C13H18F2N2O2S/c1-13(7-3-2-4-8-13)17-20(18,19)10-6-5-9(14)12(16)11(10)15/h5-6,17H,2-4,7-8,16H2,1H3. The van der Waals surface area contributed by atoms with Gasteiger partial charge >= 0.3 is 0 Å². The van der Waals surface area contributed by atoms with Gasteiger partial charge in [0.25, 0.3) is 0 Å². The molecule has 20 heavy (non-hydrogen) atoms. The van der Waals surface area contributed by atoms with E-state index in [-0.39, 0.29) is 0 Å². The summed E-state index contributed by atoms with van der Waals surface area (Å²) >= 11 is 0. The lowest BCUT2D eigenvalue weighted by Crippen LogP contribution is -2.47. The van der Waals surface area contributed by atoms with Crippen molar-refractivity contribution in [3.63, 3.8) is 0 Å². The Kier molecular flexibility index (Phi) is 4.02. The zero-order valence-electron chi connectivity index (χ0n) is 11.2. The summed E-state index contributed by atoms with van der Waals surface area (Å²) in [6, 6.07) is 1.76. The van der Waals surface area contributed by atoms with Gasteiger partial charge < -0.3 is 5.73 Å². The van der Waals surface area contributed by atoms with Gasteiger partial charge in [0, 0.05) is 5.54 Å². The summed E-state index contributed by atoms with van der Waals surface area (Å²) in [5.41, 5.74) is 3.84. The first-order chi connectivity index (χ1) is 9.25. The van der Waals surface area contributed by atoms with Crippen LogP contribution in [-0.4, -0.2) is 14.0 Å². The van der Waals surface area contributed by atoms with Gasteiger partial charge in [0.15, 0.2) is 5.82 Å². The minimum atomic E-state index is -4.06. The summed E-state index contributed by atoms with van der Waals surface area (Å²) in [6.07, 6.45) is 4.31. The van der Waals surface area contributed by atoms with Crippen molar-refractivity contribution < 1.29 is 17.2 Å². The zero-order valence-corrected chi connectivity index (χ0v) is 12.1. The maximum absolute atomic E-state index is 13.9. The minimum absolute atomic E-state index is 0.591. The molecule has 0 aliphatic heterocycles. The Morgan fingerprint density at radius 1 is 1.20 bits per heavy atom. The van der Waals surface area contributed by atoms with Crippen molar-refractivity contribution in [3.8, 4) is 0 Å². The van der Waals surface area contributed by atoms with Gasteiger partial charge in [-0.2, -0.15) is 0 Å². The predicted octanol–water partition coefficient (Wildman–Crippen LogP) is 2.55. The van der Waals surface area contributed by atoms with Gasteiger partial charge in [0.05, 0.1) is 0 Å². The Balaban J connectivity index is 2.33. The molecule has 1 aliphatic carbocycles. The highest BCUT2D eigenvalue weighted by Gasteiger charge is 2.33. The highest BCUT2D eigenvalue weighted by atomic mass is 32.2. The molecule has 1 aromatic carbocycles. The third-order valence-corrected chi connectivity index (χ3v) is 5.37. The van der Waals surface area contributed by atoms with E-state index in [0.29, 0.717) is 12.8 Å². The van der Waals surface area contributed by atoms with Crippen molar-refractivity contribution in [2.45, 2.75) is 49.5 Å². The lowest BCUT2D eigenvalue weighted by atomic mass is 9.84. The molecule has 1 aromatic rings. The molecular formula is C13H18F2N2O2S. The summed E-state index contributed by atoms with van der Waals surface area (Å²) in [5, 5.41) is 0. The molecule has 112 valence electrons. The van der Waals surface area contributed by atoms with Crippen LogP contribution in [-0.2, 0) is 10.0 Å². The second-order valence-corrected chi connectivity index (χ2v) is 7.15. The van der Waals surface area contributed by atoms with E-state index < -0.39 is 37.8 Å². The van der Waals surface area contributed by atoms with Crippen LogP contribution >= 0.6 is 0 Å². The van der Waals surface area contributed by atoms with Crippen LogP contribution in [0.25, 0.3) is 0 Å². The van der Waals surface area contributed by atoms with Gasteiger partial charge in [0.2, 0.25) is 10.0 Å². The summed E-state index contributed by atoms with van der Waals surface area (Å²) < 4.78 is 54.0. The quantitative estimate of drug-likeness (QED) is 0.843. The Morgan fingerprint density at radius 2 is 1.80 bits per heavy atom. The first-order valence-corrected chi connectivity index (χ1v) is 8.01. The number of benzene rings is 1. The van der Waals surface area contributed by atoms with E-state index in [1.54, 1.807) is 6.92 Å². The molecule has 2 rings (SSSR count). The van der Waals surface area contributed by atoms with Crippen molar-refractivity contribution in [2.75, 3.05) is 5.73 Å². The van der Waals surface area contributed by atoms with Crippen LogP contribution in [0, 0.1) is 11.6 Å². The van der Waals surface area contributed by atoms with Crippen LogP contribution in [0.4, 0.5) is 14.5 Å². The lowest BCUT2D eigenvalue weighted by molar-refractivity contribution is 0.293. The molecule has 0 unspecified atom stereocenters. The number of halogens is 2. The number of anilines is 1. The van der Waals surface area contributed by atoms with E-state index in [9.17, 15) is 17.2 Å². The fourth-order valence-corrected chi connectivity index (χ4v) is 4.13. The molecule has 3 N–H and O–H groups in total. The van der Waals surface area contributed by atoms with E-state index >= 15 is 0 Å². The van der Waals surface area contributed by atoms with Crippen molar-refractivity contribution in [1.82, 2.24) is 4.72 Å². The van der Waals surface area contributed by atoms with E-state index in [1.807, 2.05) is 0 Å². The highest BCUT2D eigenvalue weighted by molar-refractivity contribution is 7.89. The number of rotatable bonds is 3. The molecule has 0 amide bonds. The molecule has 0 bridgehead atoms. The molecule has 0 saturated heterocycles. The topological polar surface area (TPSA) is 72.2 Å². The Morgan fingerprint density at radius 3 is 2.40 bits per heavy atom. The molecule has 0 aromatic heterocycles. The third kappa shape index (κ3) is 2.93. The van der Waals surface area contributed by atoms with E-state index in [1.165, 1.54) is 0 Å². The maximum atomic E-state index is 13.9. The van der Waals surface area contributed by atoms with Crippen LogP contribution < -0.4 is 10.5 Å². The average molecular weight is 304 g/mol. The molecule has 0 atom stereocenters. The number of nitrogens with two attached hydrogens (primary N) is 1. The number of sulfonamides is 1. The molecule has 1 aliphatic rings. The molecule has 0 spiro atoms. The van der Waals surface area contributed by atoms with Crippen LogP contribution in [0.15, 0.2) is 17.0 Å². The van der Waals surface area contributed by atoms with E-state index in [4.69, 9.17) is 5.73 Å². The monoisotopic (exact) mass is 304 g/mol. The van der Waals surface area contributed by atoms with Crippen molar-refractivity contribution in [3.05, 3.63) is 23.8 Å². The Labute approximate surface area is 117 Å². The number of hydrogen-bond acceptors (Lipinski definition) is 3. The molecular weight excluding hydrogens is 286 g/mol. The number of nitrogen functional groups attached to an aromatic ring is 1. The molecule has 7 heteroatoms. The SMILES string of the molecule is CC1(NS(=O)(=O)c2ccc(F)c(N)c2F)CCCCC1. The Hall–Kier alpha value is -1.21. The fourth-order valence-electron chi connectivity index (χ4n) is 2.57. The first kappa shape index (κ1) is 15.2.